The minimum Gasteiger partial charge on any atom is -0.493 e. The van der Waals surface area contributed by atoms with Crippen molar-refractivity contribution in [1.29, 1.82) is 0 Å². The molecule has 2 aliphatic rings. The monoisotopic (exact) mass is 369 g/mol. The molecular formula is C20H23N3O4. The van der Waals surface area contributed by atoms with Gasteiger partial charge in [0.25, 0.3) is 0 Å². The van der Waals surface area contributed by atoms with Gasteiger partial charge in [0.2, 0.25) is 5.91 Å². The average Bonchev–Trinajstić information content (AvgIpc) is 3.19. The van der Waals surface area contributed by atoms with Crippen molar-refractivity contribution in [1.82, 2.24) is 14.5 Å². The van der Waals surface area contributed by atoms with Crippen LogP contribution in [0, 0.1) is 18.3 Å². The summed E-state index contributed by atoms with van der Waals surface area (Å²) in [6.07, 6.45) is 4.27. The number of aliphatic carboxylic acids is 1. The largest absolute Gasteiger partial charge is 0.493 e. The maximum atomic E-state index is 12.7. The first kappa shape index (κ1) is 17.6. The highest BCUT2D eigenvalue weighted by molar-refractivity contribution is 5.81. The molecule has 1 amide bonds. The van der Waals surface area contributed by atoms with Crippen LogP contribution in [0.25, 0.3) is 0 Å². The number of nitrogens with zero attached hydrogens (tertiary/aromatic N) is 3. The molecule has 0 aliphatic carbocycles. The second kappa shape index (κ2) is 6.72. The minimum absolute atomic E-state index is 0.0231. The summed E-state index contributed by atoms with van der Waals surface area (Å²) in [5, 5.41) is 10.1. The molecule has 1 saturated heterocycles. The van der Waals surface area contributed by atoms with Gasteiger partial charge in [-0.3, -0.25) is 9.59 Å². The summed E-state index contributed by atoms with van der Waals surface area (Å²) >= 11 is 0. The van der Waals surface area contributed by atoms with Crippen LogP contribution >= 0.6 is 0 Å². The maximum absolute atomic E-state index is 12.7. The van der Waals surface area contributed by atoms with Gasteiger partial charge in [-0.2, -0.15) is 0 Å². The molecule has 7 heteroatoms. The SMILES string of the molecule is Cc1nccn1CCC(=O)N1CC2COc3ccccc3C[C@@]2(C(=O)O)C1. The Morgan fingerprint density at radius 2 is 2.19 bits per heavy atom. The number of carboxylic acids is 1. The Morgan fingerprint density at radius 1 is 1.37 bits per heavy atom. The van der Waals surface area contributed by atoms with Crippen LogP contribution in [0.1, 0.15) is 17.8 Å². The number of likely N-dealkylation sites (tertiary alicyclic amines) is 1. The van der Waals surface area contributed by atoms with Crippen LogP contribution in [-0.2, 0) is 22.6 Å². The molecule has 2 aromatic rings. The quantitative estimate of drug-likeness (QED) is 0.887. The van der Waals surface area contributed by atoms with Gasteiger partial charge >= 0.3 is 5.97 Å². The number of ether oxygens (including phenoxy) is 1. The molecule has 0 radical (unpaired) electrons. The van der Waals surface area contributed by atoms with E-state index < -0.39 is 11.4 Å². The van der Waals surface area contributed by atoms with E-state index in [1.165, 1.54) is 0 Å². The number of imidazole rings is 1. The second-order valence-electron chi connectivity index (χ2n) is 7.45. The van der Waals surface area contributed by atoms with E-state index >= 15 is 0 Å². The first-order chi connectivity index (χ1) is 13.0. The van der Waals surface area contributed by atoms with Crippen LogP contribution < -0.4 is 4.74 Å². The van der Waals surface area contributed by atoms with Gasteiger partial charge in [-0.25, -0.2) is 4.98 Å². The van der Waals surface area contributed by atoms with Crippen LogP contribution in [0.5, 0.6) is 5.75 Å². The van der Waals surface area contributed by atoms with Crippen LogP contribution in [0.2, 0.25) is 0 Å². The van der Waals surface area contributed by atoms with Gasteiger partial charge in [-0.1, -0.05) is 18.2 Å². The fraction of sp³-hybridized carbons (Fsp3) is 0.450. The number of hydrogen-bond donors (Lipinski definition) is 1. The Bertz CT molecular complexity index is 878. The number of benzene rings is 1. The van der Waals surface area contributed by atoms with Crippen molar-refractivity contribution < 1.29 is 19.4 Å². The summed E-state index contributed by atoms with van der Waals surface area (Å²) in [4.78, 5) is 30.9. The summed E-state index contributed by atoms with van der Waals surface area (Å²) < 4.78 is 7.82. The van der Waals surface area contributed by atoms with E-state index in [4.69, 9.17) is 4.74 Å². The smallest absolute Gasteiger partial charge is 0.312 e. The van der Waals surface area contributed by atoms with Crippen molar-refractivity contribution in [2.75, 3.05) is 19.7 Å². The van der Waals surface area contributed by atoms with Crippen LogP contribution in [0.4, 0.5) is 0 Å². The molecule has 1 unspecified atom stereocenters. The Balaban J connectivity index is 1.52. The molecule has 2 atom stereocenters. The van der Waals surface area contributed by atoms with Crippen molar-refractivity contribution in [2.24, 2.45) is 11.3 Å². The molecule has 1 fully saturated rings. The van der Waals surface area contributed by atoms with Crippen molar-refractivity contribution in [2.45, 2.75) is 26.3 Å². The normalized spacial score (nSPS) is 23.9. The maximum Gasteiger partial charge on any atom is 0.312 e. The predicted molar refractivity (Wildman–Crippen MR) is 97.4 cm³/mol. The molecule has 2 aliphatic heterocycles. The molecule has 1 N–H and O–H groups in total. The number of hydrogen-bond acceptors (Lipinski definition) is 4. The zero-order chi connectivity index (χ0) is 19.0. The number of amides is 1. The number of carbonyl (C=O) groups is 2. The van der Waals surface area contributed by atoms with E-state index in [1.54, 1.807) is 11.1 Å². The highest BCUT2D eigenvalue weighted by Gasteiger charge is 2.55. The number of carbonyl (C=O) groups excluding carboxylic acids is 1. The molecule has 7 nitrogen and oxygen atoms in total. The second-order valence-corrected chi connectivity index (χ2v) is 7.45. The minimum atomic E-state index is -0.993. The molecule has 4 rings (SSSR count). The third-order valence-corrected chi connectivity index (χ3v) is 5.88. The van der Waals surface area contributed by atoms with Gasteiger partial charge in [-0.15, -0.1) is 0 Å². The fourth-order valence-corrected chi connectivity index (χ4v) is 4.23. The highest BCUT2D eigenvalue weighted by Crippen LogP contribution is 2.44. The van der Waals surface area contributed by atoms with E-state index in [9.17, 15) is 14.7 Å². The molecule has 3 heterocycles. The third-order valence-electron chi connectivity index (χ3n) is 5.88. The summed E-state index contributed by atoms with van der Waals surface area (Å²) in [6, 6.07) is 7.57. The number of fused-ring (bicyclic) bond motifs is 2. The number of rotatable bonds is 4. The van der Waals surface area contributed by atoms with Crippen molar-refractivity contribution in [3.63, 3.8) is 0 Å². The lowest BCUT2D eigenvalue weighted by atomic mass is 9.74. The van der Waals surface area contributed by atoms with E-state index in [1.807, 2.05) is 42.0 Å². The third kappa shape index (κ3) is 3.07. The van der Waals surface area contributed by atoms with E-state index in [-0.39, 0.29) is 18.4 Å². The summed E-state index contributed by atoms with van der Waals surface area (Å²) in [6.45, 7) is 3.40. The standard InChI is InChI=1S/C20H23N3O4/c1-14-21-7-9-22(14)8-6-18(24)23-11-16-12-27-17-5-3-2-4-15(17)10-20(16,13-23)19(25)26/h2-5,7,9,16H,6,8,10-13H2,1H3,(H,25,26)/t16?,20-/m1/s1. The zero-order valence-corrected chi connectivity index (χ0v) is 15.3. The average molecular weight is 369 g/mol. The zero-order valence-electron chi connectivity index (χ0n) is 15.3. The molecule has 27 heavy (non-hydrogen) atoms. The van der Waals surface area contributed by atoms with E-state index in [0.29, 0.717) is 32.5 Å². The van der Waals surface area contributed by atoms with Crippen molar-refractivity contribution in [3.05, 3.63) is 48.0 Å². The molecular weight excluding hydrogens is 346 g/mol. The molecule has 0 bridgehead atoms. The van der Waals surface area contributed by atoms with Crippen molar-refractivity contribution in [3.8, 4) is 5.75 Å². The Hall–Kier alpha value is -2.83. The molecule has 1 aromatic carbocycles. The van der Waals surface area contributed by atoms with Gasteiger partial charge in [0.05, 0.1) is 12.0 Å². The lowest BCUT2D eigenvalue weighted by Gasteiger charge is -2.27. The number of aromatic nitrogens is 2. The first-order valence-electron chi connectivity index (χ1n) is 9.19. The van der Waals surface area contributed by atoms with Gasteiger partial charge in [0.1, 0.15) is 11.6 Å². The summed E-state index contributed by atoms with van der Waals surface area (Å²) in [7, 11) is 0. The number of para-hydroxylation sites is 1. The van der Waals surface area contributed by atoms with Crippen molar-refractivity contribution >= 4 is 11.9 Å². The Morgan fingerprint density at radius 3 is 2.93 bits per heavy atom. The predicted octanol–water partition coefficient (Wildman–Crippen LogP) is 1.75. The van der Waals surface area contributed by atoms with E-state index in [0.717, 1.165) is 17.1 Å². The molecule has 0 spiro atoms. The Kier molecular flexibility index (Phi) is 4.37. The lowest BCUT2D eigenvalue weighted by Crippen LogP contribution is -2.42. The van der Waals surface area contributed by atoms with Gasteiger partial charge in [-0.05, 0) is 25.0 Å². The van der Waals surface area contributed by atoms with Gasteiger partial charge in [0.15, 0.2) is 0 Å². The summed E-state index contributed by atoms with van der Waals surface area (Å²) in [5.41, 5.74) is -0.0987. The van der Waals surface area contributed by atoms with Gasteiger partial charge in [0, 0.05) is 44.4 Å². The molecule has 0 saturated carbocycles. The van der Waals surface area contributed by atoms with Crippen LogP contribution in [0.3, 0.4) is 0 Å². The Labute approximate surface area is 157 Å². The topological polar surface area (TPSA) is 84.7 Å². The first-order valence-corrected chi connectivity index (χ1v) is 9.19. The molecule has 142 valence electrons. The summed E-state index contributed by atoms with van der Waals surface area (Å²) in [5.74, 6) is 0.516. The number of aryl methyl sites for hydroxylation is 2. The van der Waals surface area contributed by atoms with E-state index in [2.05, 4.69) is 4.98 Å². The van der Waals surface area contributed by atoms with Crippen LogP contribution in [-0.4, -0.2) is 51.1 Å². The fourth-order valence-electron chi connectivity index (χ4n) is 4.23. The highest BCUT2D eigenvalue weighted by atomic mass is 16.5. The molecule has 1 aromatic heterocycles. The van der Waals surface area contributed by atoms with Crippen LogP contribution in [0.15, 0.2) is 36.7 Å². The van der Waals surface area contributed by atoms with Gasteiger partial charge < -0.3 is 19.3 Å². The number of carboxylic acid groups (broad SMARTS) is 1. The lowest BCUT2D eigenvalue weighted by molar-refractivity contribution is -0.151.